The van der Waals surface area contributed by atoms with Gasteiger partial charge in [-0.2, -0.15) is 0 Å². The summed E-state index contributed by atoms with van der Waals surface area (Å²) in [4.78, 5) is 20.9. The van der Waals surface area contributed by atoms with Crippen LogP contribution in [0.2, 0.25) is 0 Å². The predicted molar refractivity (Wildman–Crippen MR) is 109 cm³/mol. The molecule has 5 rings (SSSR count). The van der Waals surface area contributed by atoms with Crippen LogP contribution in [0.25, 0.3) is 20.5 Å². The van der Waals surface area contributed by atoms with E-state index in [1.165, 1.54) is 11.3 Å². The molecular weight excluding hydrogens is 372 g/mol. The first-order chi connectivity index (χ1) is 13.8. The van der Waals surface area contributed by atoms with Gasteiger partial charge in [-0.25, -0.2) is 0 Å². The molecule has 0 saturated heterocycles. The number of fused-ring (bicyclic) bond motifs is 3. The largest absolute Gasteiger partial charge is 0.374 e. The van der Waals surface area contributed by atoms with Crippen molar-refractivity contribution in [2.45, 2.75) is 19.3 Å². The highest BCUT2D eigenvalue weighted by molar-refractivity contribution is 7.22. The number of ether oxygens (including phenoxy) is 2. The molecule has 0 spiro atoms. The van der Waals surface area contributed by atoms with Crippen LogP contribution in [-0.2, 0) is 22.7 Å². The van der Waals surface area contributed by atoms with E-state index in [1.807, 2.05) is 42.5 Å². The number of thiophene rings is 1. The molecule has 28 heavy (non-hydrogen) atoms. The Morgan fingerprint density at radius 1 is 1.18 bits per heavy atom. The second-order valence-corrected chi connectivity index (χ2v) is 7.79. The Balaban J connectivity index is 1.53. The van der Waals surface area contributed by atoms with Crippen molar-refractivity contribution < 1.29 is 9.47 Å². The number of nitrogens with one attached hydrogen (secondary N) is 1. The normalized spacial score (nSPS) is 16.2. The number of nitrogens with zero attached hydrogens (tertiary/aromatic N) is 1. The summed E-state index contributed by atoms with van der Waals surface area (Å²) < 4.78 is 12.6. The molecule has 0 bridgehead atoms. The zero-order valence-corrected chi connectivity index (χ0v) is 15.9. The van der Waals surface area contributed by atoms with Crippen molar-refractivity contribution in [2.24, 2.45) is 0 Å². The van der Waals surface area contributed by atoms with Crippen LogP contribution in [0.15, 0.2) is 65.7 Å². The van der Waals surface area contributed by atoms with E-state index in [0.717, 1.165) is 37.3 Å². The second kappa shape index (κ2) is 7.31. The molecule has 1 aliphatic heterocycles. The van der Waals surface area contributed by atoms with Gasteiger partial charge in [-0.05, 0) is 29.3 Å². The molecule has 4 aromatic rings. The average molecular weight is 390 g/mol. The van der Waals surface area contributed by atoms with E-state index in [0.29, 0.717) is 19.8 Å². The van der Waals surface area contributed by atoms with Gasteiger partial charge in [-0.1, -0.05) is 30.3 Å². The Labute approximate surface area is 165 Å². The fourth-order valence-corrected chi connectivity index (χ4v) is 4.61. The molecule has 1 aromatic carbocycles. The van der Waals surface area contributed by atoms with Crippen LogP contribution in [0.4, 0.5) is 0 Å². The van der Waals surface area contributed by atoms with Crippen LogP contribution in [0.3, 0.4) is 0 Å². The average Bonchev–Trinajstić information content (AvgIpc) is 3.20. The van der Waals surface area contributed by atoms with Gasteiger partial charge >= 0.3 is 0 Å². The fourth-order valence-electron chi connectivity index (χ4n) is 3.53. The van der Waals surface area contributed by atoms with Crippen LogP contribution in [0.1, 0.15) is 22.9 Å². The summed E-state index contributed by atoms with van der Waals surface area (Å²) in [6.07, 6.45) is 3.23. The van der Waals surface area contributed by atoms with E-state index in [-0.39, 0.29) is 11.7 Å². The quantitative estimate of drug-likeness (QED) is 0.560. The molecule has 4 heterocycles. The SMILES string of the molecule is O=c1[nH]c2c(c3cc(-c4ccncc4)sc13)COCC2OCc1ccccc1. The molecule has 3 aromatic heterocycles. The number of rotatable bonds is 4. The number of benzene rings is 1. The van der Waals surface area contributed by atoms with Crippen molar-refractivity contribution >= 4 is 21.4 Å². The molecule has 0 radical (unpaired) electrons. The Hall–Kier alpha value is -2.80. The zero-order valence-electron chi connectivity index (χ0n) is 15.1. The predicted octanol–water partition coefficient (Wildman–Crippen LogP) is 4.44. The minimum atomic E-state index is -0.287. The maximum absolute atomic E-state index is 12.8. The van der Waals surface area contributed by atoms with Gasteiger partial charge in [0.15, 0.2) is 0 Å². The van der Waals surface area contributed by atoms with Crippen molar-refractivity contribution in [3.05, 3.63) is 88.1 Å². The maximum Gasteiger partial charge on any atom is 0.266 e. The summed E-state index contributed by atoms with van der Waals surface area (Å²) in [7, 11) is 0. The molecular formula is C22H18N2O3S. The summed E-state index contributed by atoms with van der Waals surface area (Å²) in [5, 5.41) is 0.948. The van der Waals surface area contributed by atoms with E-state index in [2.05, 4.69) is 16.0 Å². The molecule has 1 aliphatic rings. The number of aromatic nitrogens is 2. The lowest BCUT2D eigenvalue weighted by atomic mass is 10.0. The number of H-pyrrole nitrogens is 1. The number of hydrogen-bond acceptors (Lipinski definition) is 5. The second-order valence-electron chi connectivity index (χ2n) is 6.74. The van der Waals surface area contributed by atoms with E-state index >= 15 is 0 Å². The lowest BCUT2D eigenvalue weighted by molar-refractivity contribution is -0.0472. The minimum absolute atomic E-state index is 0.0748. The Morgan fingerprint density at radius 3 is 2.82 bits per heavy atom. The Kier molecular flexibility index (Phi) is 4.52. The van der Waals surface area contributed by atoms with Gasteiger partial charge in [-0.15, -0.1) is 11.3 Å². The van der Waals surface area contributed by atoms with Crippen LogP contribution in [-0.4, -0.2) is 16.6 Å². The van der Waals surface area contributed by atoms with E-state index in [4.69, 9.17) is 9.47 Å². The standard InChI is InChI=1S/C22H18N2O3S/c25-22-21-16(10-19(28-21)15-6-8-23-9-7-15)17-12-26-13-18(20(17)24-22)27-11-14-4-2-1-3-5-14/h1-10,18H,11-13H2,(H,24,25). The van der Waals surface area contributed by atoms with Crippen molar-refractivity contribution in [2.75, 3.05) is 6.61 Å². The summed E-state index contributed by atoms with van der Waals surface area (Å²) in [6.45, 7) is 1.38. The van der Waals surface area contributed by atoms with Gasteiger partial charge in [0.2, 0.25) is 0 Å². The number of pyridine rings is 2. The Bertz CT molecular complexity index is 1170. The van der Waals surface area contributed by atoms with Gasteiger partial charge in [0.1, 0.15) is 10.8 Å². The van der Waals surface area contributed by atoms with Gasteiger partial charge in [0.05, 0.1) is 25.5 Å². The molecule has 0 saturated carbocycles. The molecule has 6 heteroatoms. The lowest BCUT2D eigenvalue weighted by Crippen LogP contribution is -2.24. The topological polar surface area (TPSA) is 64.2 Å². The zero-order chi connectivity index (χ0) is 18.9. The van der Waals surface area contributed by atoms with Crippen LogP contribution in [0, 0.1) is 0 Å². The summed E-state index contributed by atoms with van der Waals surface area (Å²) in [6, 6.07) is 16.0. The first-order valence-corrected chi connectivity index (χ1v) is 9.93. The summed E-state index contributed by atoms with van der Waals surface area (Å²) in [5.74, 6) is 0. The monoisotopic (exact) mass is 390 g/mol. The highest BCUT2D eigenvalue weighted by atomic mass is 32.1. The summed E-state index contributed by atoms with van der Waals surface area (Å²) in [5.41, 5.74) is 3.91. The lowest BCUT2D eigenvalue weighted by Gasteiger charge is -2.26. The molecule has 0 aliphatic carbocycles. The van der Waals surface area contributed by atoms with Gasteiger partial charge in [-0.3, -0.25) is 9.78 Å². The Morgan fingerprint density at radius 2 is 2.00 bits per heavy atom. The highest BCUT2D eigenvalue weighted by Crippen LogP contribution is 2.37. The van der Waals surface area contributed by atoms with Crippen LogP contribution >= 0.6 is 11.3 Å². The van der Waals surface area contributed by atoms with Gasteiger partial charge in [0.25, 0.3) is 5.56 Å². The molecule has 140 valence electrons. The fraction of sp³-hybridized carbons (Fsp3) is 0.182. The number of hydrogen-bond donors (Lipinski definition) is 1. The first kappa shape index (κ1) is 17.3. The van der Waals surface area contributed by atoms with Crippen molar-refractivity contribution in [1.29, 1.82) is 0 Å². The molecule has 1 N–H and O–H groups in total. The van der Waals surface area contributed by atoms with Crippen LogP contribution < -0.4 is 5.56 Å². The first-order valence-electron chi connectivity index (χ1n) is 9.12. The molecule has 0 amide bonds. The minimum Gasteiger partial charge on any atom is -0.374 e. The van der Waals surface area contributed by atoms with Crippen molar-refractivity contribution in [3.8, 4) is 10.4 Å². The molecule has 1 unspecified atom stereocenters. The smallest absolute Gasteiger partial charge is 0.266 e. The molecule has 1 atom stereocenters. The molecule has 5 nitrogen and oxygen atoms in total. The third-order valence-corrected chi connectivity index (χ3v) is 6.12. The van der Waals surface area contributed by atoms with Crippen molar-refractivity contribution in [3.63, 3.8) is 0 Å². The van der Waals surface area contributed by atoms with Gasteiger partial charge in [0, 0.05) is 28.2 Å². The highest BCUT2D eigenvalue weighted by Gasteiger charge is 2.26. The van der Waals surface area contributed by atoms with E-state index in [1.54, 1.807) is 12.4 Å². The molecule has 0 fully saturated rings. The summed E-state index contributed by atoms with van der Waals surface area (Å²) >= 11 is 1.49. The van der Waals surface area contributed by atoms with Gasteiger partial charge < -0.3 is 14.5 Å². The third-order valence-electron chi connectivity index (χ3n) is 4.93. The number of aromatic amines is 1. The van der Waals surface area contributed by atoms with E-state index in [9.17, 15) is 4.79 Å². The third kappa shape index (κ3) is 3.16. The van der Waals surface area contributed by atoms with Crippen LogP contribution in [0.5, 0.6) is 0 Å². The van der Waals surface area contributed by atoms with E-state index < -0.39 is 0 Å². The maximum atomic E-state index is 12.8. The van der Waals surface area contributed by atoms with Crippen molar-refractivity contribution in [1.82, 2.24) is 9.97 Å².